The maximum absolute atomic E-state index is 5.19. The van der Waals surface area contributed by atoms with E-state index >= 15 is 0 Å². The topological polar surface area (TPSA) is 30.5 Å². The molecule has 1 rings (SSSR count). The van der Waals surface area contributed by atoms with E-state index in [1.165, 1.54) is 0 Å². The van der Waals surface area contributed by atoms with Crippen LogP contribution in [0.3, 0.4) is 0 Å². The summed E-state index contributed by atoms with van der Waals surface area (Å²) >= 11 is 3.45. The lowest BCUT2D eigenvalue weighted by molar-refractivity contribution is 0.355. The average Bonchev–Trinajstić information content (AvgIpc) is 2.20. The highest BCUT2D eigenvalue weighted by Gasteiger charge is 2.08. The first-order chi connectivity index (χ1) is 6.72. The quantitative estimate of drug-likeness (QED) is 0.902. The maximum Gasteiger partial charge on any atom is 0.162 e. The van der Waals surface area contributed by atoms with E-state index in [4.69, 9.17) is 9.47 Å². The van der Waals surface area contributed by atoms with Gasteiger partial charge >= 0.3 is 0 Å². The molecule has 78 valence electrons. The molecule has 14 heavy (non-hydrogen) atoms. The van der Waals surface area contributed by atoms with Crippen LogP contribution in [0.5, 0.6) is 11.5 Å². The highest BCUT2D eigenvalue weighted by atomic mass is 79.9. The summed E-state index contributed by atoms with van der Waals surface area (Å²) in [6, 6.07) is 3.79. The second-order valence-electron chi connectivity index (χ2n) is 2.72. The molecule has 1 aromatic rings. The van der Waals surface area contributed by atoms with Crippen molar-refractivity contribution < 1.29 is 9.47 Å². The lowest BCUT2D eigenvalue weighted by atomic mass is 10.2. The fourth-order valence-corrected chi connectivity index (χ4v) is 1.64. The van der Waals surface area contributed by atoms with Crippen molar-refractivity contribution >= 4 is 21.6 Å². The number of rotatable bonds is 4. The molecular formula is C10H14BrNO2. The van der Waals surface area contributed by atoms with Crippen LogP contribution >= 0.6 is 15.9 Å². The van der Waals surface area contributed by atoms with Crippen LogP contribution in [0.15, 0.2) is 16.6 Å². The zero-order valence-corrected chi connectivity index (χ0v) is 10.1. The lowest BCUT2D eigenvalue weighted by Crippen LogP contribution is -1.99. The molecule has 0 aromatic heterocycles. The van der Waals surface area contributed by atoms with Gasteiger partial charge in [-0.2, -0.15) is 0 Å². The molecule has 0 atom stereocenters. The second kappa shape index (κ2) is 5.10. The number of anilines is 1. The van der Waals surface area contributed by atoms with Crippen LogP contribution in [0.4, 0.5) is 5.69 Å². The number of halogens is 1. The predicted molar refractivity (Wildman–Crippen MR) is 61.4 cm³/mol. The minimum absolute atomic E-state index is 0.723. The molecular weight excluding hydrogens is 246 g/mol. The van der Waals surface area contributed by atoms with Crippen molar-refractivity contribution in [2.75, 3.05) is 26.1 Å². The minimum atomic E-state index is 0.723. The molecule has 1 aromatic carbocycles. The van der Waals surface area contributed by atoms with Gasteiger partial charge in [-0.1, -0.05) is 0 Å². The summed E-state index contributed by atoms with van der Waals surface area (Å²) in [7, 11) is 3.25. The van der Waals surface area contributed by atoms with E-state index in [1.807, 2.05) is 19.1 Å². The van der Waals surface area contributed by atoms with Crippen molar-refractivity contribution in [3.05, 3.63) is 16.6 Å². The Morgan fingerprint density at radius 1 is 1.21 bits per heavy atom. The van der Waals surface area contributed by atoms with E-state index in [2.05, 4.69) is 21.2 Å². The normalized spacial score (nSPS) is 9.71. The number of benzene rings is 1. The first-order valence-electron chi connectivity index (χ1n) is 4.38. The summed E-state index contributed by atoms with van der Waals surface area (Å²) in [5.41, 5.74) is 1.00. The molecule has 0 spiro atoms. The van der Waals surface area contributed by atoms with Gasteiger partial charge < -0.3 is 14.8 Å². The maximum atomic E-state index is 5.19. The molecule has 0 heterocycles. The Kier molecular flexibility index (Phi) is 4.07. The molecule has 0 saturated heterocycles. The molecule has 4 heteroatoms. The number of hydrogen-bond acceptors (Lipinski definition) is 3. The van der Waals surface area contributed by atoms with Crippen LogP contribution in [0.2, 0.25) is 0 Å². The molecule has 0 aliphatic carbocycles. The third-order valence-corrected chi connectivity index (χ3v) is 2.50. The third-order valence-electron chi connectivity index (χ3n) is 1.84. The van der Waals surface area contributed by atoms with E-state index < -0.39 is 0 Å². The molecule has 0 aliphatic heterocycles. The molecule has 0 radical (unpaired) electrons. The summed E-state index contributed by atoms with van der Waals surface area (Å²) < 4.78 is 11.3. The van der Waals surface area contributed by atoms with Crippen molar-refractivity contribution in [1.29, 1.82) is 0 Å². The molecule has 0 fully saturated rings. The smallest absolute Gasteiger partial charge is 0.162 e. The first-order valence-corrected chi connectivity index (χ1v) is 5.17. The second-order valence-corrected chi connectivity index (χ2v) is 3.57. The van der Waals surface area contributed by atoms with Gasteiger partial charge in [0.2, 0.25) is 0 Å². The highest BCUT2D eigenvalue weighted by molar-refractivity contribution is 9.10. The lowest BCUT2D eigenvalue weighted by Gasteiger charge is -2.12. The van der Waals surface area contributed by atoms with E-state index in [9.17, 15) is 0 Å². The molecule has 0 bridgehead atoms. The van der Waals surface area contributed by atoms with Gasteiger partial charge in [0, 0.05) is 23.2 Å². The van der Waals surface area contributed by atoms with Crippen LogP contribution in [0.1, 0.15) is 6.92 Å². The summed E-state index contributed by atoms with van der Waals surface area (Å²) in [5, 5.41) is 3.22. The molecule has 0 aliphatic rings. The van der Waals surface area contributed by atoms with E-state index in [-0.39, 0.29) is 0 Å². The van der Waals surface area contributed by atoms with Gasteiger partial charge in [0.1, 0.15) is 0 Å². The Labute approximate surface area is 92.5 Å². The number of methoxy groups -OCH3 is 2. The van der Waals surface area contributed by atoms with Crippen LogP contribution < -0.4 is 14.8 Å². The van der Waals surface area contributed by atoms with Crippen LogP contribution in [-0.2, 0) is 0 Å². The van der Waals surface area contributed by atoms with Gasteiger partial charge in [0.05, 0.1) is 19.9 Å². The summed E-state index contributed by atoms with van der Waals surface area (Å²) in [5.74, 6) is 1.45. The molecule has 0 saturated carbocycles. The Morgan fingerprint density at radius 2 is 1.79 bits per heavy atom. The van der Waals surface area contributed by atoms with Gasteiger partial charge in [-0.05, 0) is 22.9 Å². The fraction of sp³-hybridized carbons (Fsp3) is 0.400. The Hall–Kier alpha value is -0.900. The van der Waals surface area contributed by atoms with Crippen molar-refractivity contribution in [3.63, 3.8) is 0 Å². The summed E-state index contributed by atoms with van der Waals surface area (Å²) in [4.78, 5) is 0. The zero-order chi connectivity index (χ0) is 10.6. The predicted octanol–water partition coefficient (Wildman–Crippen LogP) is 2.90. The highest BCUT2D eigenvalue weighted by Crippen LogP contribution is 2.35. The van der Waals surface area contributed by atoms with E-state index in [0.717, 1.165) is 28.2 Å². The van der Waals surface area contributed by atoms with Crippen LogP contribution in [0, 0.1) is 0 Å². The Balaban J connectivity index is 3.09. The zero-order valence-electron chi connectivity index (χ0n) is 8.56. The largest absolute Gasteiger partial charge is 0.493 e. The van der Waals surface area contributed by atoms with E-state index in [0.29, 0.717) is 0 Å². The average molecular weight is 260 g/mol. The molecule has 3 nitrogen and oxygen atoms in total. The van der Waals surface area contributed by atoms with Crippen molar-refractivity contribution in [2.24, 2.45) is 0 Å². The van der Waals surface area contributed by atoms with Gasteiger partial charge in [-0.3, -0.25) is 0 Å². The standard InChI is InChI=1S/C10H14BrNO2/c1-4-12-8-6-10(14-3)9(13-2)5-7(8)11/h5-6,12H,4H2,1-3H3. The minimum Gasteiger partial charge on any atom is -0.493 e. The number of ether oxygens (including phenoxy) is 2. The summed E-state index contributed by atoms with van der Waals surface area (Å²) in [6.07, 6.45) is 0. The van der Waals surface area contributed by atoms with Gasteiger partial charge in [0.15, 0.2) is 11.5 Å². The Bertz CT molecular complexity index is 315. The van der Waals surface area contributed by atoms with Gasteiger partial charge in [0.25, 0.3) is 0 Å². The Morgan fingerprint density at radius 3 is 2.29 bits per heavy atom. The molecule has 0 amide bonds. The molecule has 0 unspecified atom stereocenters. The first kappa shape index (κ1) is 11.2. The van der Waals surface area contributed by atoms with Gasteiger partial charge in [-0.25, -0.2) is 0 Å². The molecule has 1 N–H and O–H groups in total. The SMILES string of the molecule is CCNc1cc(OC)c(OC)cc1Br. The summed E-state index contributed by atoms with van der Waals surface area (Å²) in [6.45, 7) is 2.91. The van der Waals surface area contributed by atoms with Gasteiger partial charge in [-0.15, -0.1) is 0 Å². The van der Waals surface area contributed by atoms with Crippen LogP contribution in [0.25, 0.3) is 0 Å². The van der Waals surface area contributed by atoms with Crippen molar-refractivity contribution in [2.45, 2.75) is 6.92 Å². The van der Waals surface area contributed by atoms with Crippen molar-refractivity contribution in [1.82, 2.24) is 0 Å². The van der Waals surface area contributed by atoms with Crippen molar-refractivity contribution in [3.8, 4) is 11.5 Å². The third kappa shape index (κ3) is 2.32. The fourth-order valence-electron chi connectivity index (χ4n) is 1.18. The monoisotopic (exact) mass is 259 g/mol. The van der Waals surface area contributed by atoms with E-state index in [1.54, 1.807) is 14.2 Å². The number of hydrogen-bond donors (Lipinski definition) is 1. The number of nitrogens with one attached hydrogen (secondary N) is 1. The van der Waals surface area contributed by atoms with Crippen LogP contribution in [-0.4, -0.2) is 20.8 Å².